The average molecular weight is 393 g/mol. The molecule has 3 aromatic rings. The number of benzene rings is 2. The van der Waals surface area contributed by atoms with Crippen LogP contribution in [0.4, 0.5) is 9.39 Å². The predicted molar refractivity (Wildman–Crippen MR) is 109 cm³/mol. The largest absolute Gasteiger partial charge is 0.353 e. The van der Waals surface area contributed by atoms with Crippen molar-refractivity contribution in [2.45, 2.75) is 25.7 Å². The van der Waals surface area contributed by atoms with Gasteiger partial charge in [-0.25, -0.2) is 4.39 Å². The highest BCUT2D eigenvalue weighted by molar-refractivity contribution is 7.16. The molecule has 5 rings (SSSR count). The fourth-order valence-electron chi connectivity index (χ4n) is 3.97. The zero-order valence-electron chi connectivity index (χ0n) is 15.2. The van der Waals surface area contributed by atoms with Crippen LogP contribution in [0.15, 0.2) is 54.6 Å². The van der Waals surface area contributed by atoms with E-state index in [1.807, 2.05) is 6.07 Å². The molecule has 1 aromatic heterocycles. The lowest BCUT2D eigenvalue weighted by molar-refractivity contribution is 0.0934. The minimum atomic E-state index is -0.332. The summed E-state index contributed by atoms with van der Waals surface area (Å²) in [5.41, 5.74) is 4.11. The molecule has 0 bridgehead atoms. The second kappa shape index (κ2) is 7.04. The van der Waals surface area contributed by atoms with Crippen molar-refractivity contribution < 1.29 is 9.18 Å². The van der Waals surface area contributed by atoms with Gasteiger partial charge in [-0.05, 0) is 35.2 Å². The minimum absolute atomic E-state index is 0.0444. The van der Waals surface area contributed by atoms with Crippen LogP contribution in [0.3, 0.4) is 0 Å². The van der Waals surface area contributed by atoms with E-state index in [2.05, 4.69) is 39.8 Å². The minimum Gasteiger partial charge on any atom is -0.353 e. The number of nitrogens with one attached hydrogen (secondary N) is 2. The van der Waals surface area contributed by atoms with Gasteiger partial charge >= 0.3 is 0 Å². The molecule has 0 aliphatic carbocycles. The Kier molecular flexibility index (Phi) is 4.37. The summed E-state index contributed by atoms with van der Waals surface area (Å²) in [6.07, 6.45) is 0.547. The first-order valence-corrected chi connectivity index (χ1v) is 10.2. The monoisotopic (exact) mass is 393 g/mol. The lowest BCUT2D eigenvalue weighted by Crippen LogP contribution is -2.38. The van der Waals surface area contributed by atoms with Gasteiger partial charge < -0.3 is 10.6 Å². The van der Waals surface area contributed by atoms with Crippen LogP contribution in [0.1, 0.15) is 38.1 Å². The Labute approximate surface area is 167 Å². The number of hydrogen-bond acceptors (Lipinski definition) is 4. The summed E-state index contributed by atoms with van der Waals surface area (Å²) in [6.45, 7) is 2.72. The van der Waals surface area contributed by atoms with E-state index in [0.29, 0.717) is 0 Å². The van der Waals surface area contributed by atoms with Gasteiger partial charge in [0.15, 0.2) is 0 Å². The number of anilines is 1. The van der Waals surface area contributed by atoms with Crippen molar-refractivity contribution in [1.82, 2.24) is 10.2 Å². The molecular weight excluding hydrogens is 373 g/mol. The molecule has 0 fully saturated rings. The number of hydrogen-bond donors (Lipinski definition) is 2. The number of carbonyl (C=O) groups is 1. The molecule has 2 N–H and O–H groups in total. The van der Waals surface area contributed by atoms with Gasteiger partial charge in [-0.3, -0.25) is 9.69 Å². The number of fused-ring (bicyclic) bond motifs is 3. The summed E-state index contributed by atoms with van der Waals surface area (Å²) in [6, 6.07) is 16.7. The number of amides is 1. The zero-order valence-corrected chi connectivity index (χ0v) is 16.1. The number of rotatable bonds is 3. The first kappa shape index (κ1) is 17.4. The maximum Gasteiger partial charge on any atom is 0.256 e. The van der Waals surface area contributed by atoms with Gasteiger partial charge in [0.05, 0.1) is 5.56 Å². The molecule has 2 aromatic carbocycles. The summed E-state index contributed by atoms with van der Waals surface area (Å²) < 4.78 is 13.2. The molecule has 0 saturated carbocycles. The lowest BCUT2D eigenvalue weighted by atomic mass is 10.00. The third kappa shape index (κ3) is 3.19. The first-order chi connectivity index (χ1) is 13.7. The van der Waals surface area contributed by atoms with Crippen LogP contribution in [0, 0.1) is 5.82 Å². The fourth-order valence-corrected chi connectivity index (χ4v) is 5.28. The van der Waals surface area contributed by atoms with Gasteiger partial charge in [-0.15, -0.1) is 11.3 Å². The second-order valence-corrected chi connectivity index (χ2v) is 8.36. The van der Waals surface area contributed by atoms with Crippen molar-refractivity contribution in [2.24, 2.45) is 0 Å². The molecule has 0 radical (unpaired) electrons. The molecule has 6 heteroatoms. The van der Waals surface area contributed by atoms with E-state index in [1.165, 1.54) is 28.1 Å². The van der Waals surface area contributed by atoms with E-state index in [1.54, 1.807) is 23.5 Å². The smallest absolute Gasteiger partial charge is 0.256 e. The van der Waals surface area contributed by atoms with Crippen molar-refractivity contribution in [2.75, 3.05) is 11.9 Å². The molecule has 3 heterocycles. The third-order valence-corrected chi connectivity index (χ3v) is 6.51. The third-order valence-electron chi connectivity index (χ3n) is 5.37. The van der Waals surface area contributed by atoms with Crippen LogP contribution in [0.5, 0.6) is 0 Å². The van der Waals surface area contributed by atoms with Crippen molar-refractivity contribution in [1.29, 1.82) is 0 Å². The molecule has 1 amide bonds. The maximum absolute atomic E-state index is 13.2. The van der Waals surface area contributed by atoms with Crippen LogP contribution in [0.25, 0.3) is 0 Å². The SMILES string of the molecule is O=C1N[C@@H](c2ccc(F)cc2)Nc2sc3c(c21)CCN(Cc1ccccc1)C3. The Bertz CT molecular complexity index is 1020. The number of halogens is 1. The van der Waals surface area contributed by atoms with E-state index in [0.717, 1.165) is 42.2 Å². The van der Waals surface area contributed by atoms with Gasteiger partial charge in [-0.1, -0.05) is 42.5 Å². The van der Waals surface area contributed by atoms with Crippen molar-refractivity contribution in [3.63, 3.8) is 0 Å². The quantitative estimate of drug-likeness (QED) is 0.697. The highest BCUT2D eigenvalue weighted by Crippen LogP contribution is 2.40. The molecule has 1 atom stereocenters. The molecule has 142 valence electrons. The molecule has 4 nitrogen and oxygen atoms in total. The Hall–Kier alpha value is -2.70. The topological polar surface area (TPSA) is 44.4 Å². The molecule has 0 saturated heterocycles. The lowest BCUT2D eigenvalue weighted by Gasteiger charge is -2.28. The molecule has 2 aliphatic heterocycles. The molecule has 2 aliphatic rings. The standard InChI is InChI=1S/C22H20FN3OS/c23-16-8-6-15(7-9-16)20-24-21(27)19-17-10-11-26(12-14-4-2-1-3-5-14)13-18(17)28-22(19)25-20/h1-9,20,25H,10-13H2,(H,24,27)/t20-/m1/s1. The van der Waals surface area contributed by atoms with E-state index in [9.17, 15) is 9.18 Å². The van der Waals surface area contributed by atoms with Crippen LogP contribution in [0.2, 0.25) is 0 Å². The number of thiophene rings is 1. The van der Waals surface area contributed by atoms with Gasteiger partial charge in [-0.2, -0.15) is 0 Å². The highest BCUT2D eigenvalue weighted by atomic mass is 32.1. The molecular formula is C22H20FN3OS. The number of carbonyl (C=O) groups excluding carboxylic acids is 1. The predicted octanol–water partition coefficient (Wildman–Crippen LogP) is 4.30. The molecule has 0 spiro atoms. The summed E-state index contributed by atoms with van der Waals surface area (Å²) in [4.78, 5) is 16.5. The van der Waals surface area contributed by atoms with Crippen LogP contribution in [-0.2, 0) is 19.5 Å². The normalized spacial score (nSPS) is 18.8. The van der Waals surface area contributed by atoms with Crippen molar-refractivity contribution >= 4 is 22.2 Å². The van der Waals surface area contributed by atoms with Crippen molar-refractivity contribution in [3.8, 4) is 0 Å². The second-order valence-electron chi connectivity index (χ2n) is 7.26. The summed E-state index contributed by atoms with van der Waals surface area (Å²) in [5, 5.41) is 7.37. The van der Waals surface area contributed by atoms with Crippen LogP contribution in [-0.4, -0.2) is 17.4 Å². The van der Waals surface area contributed by atoms with Gasteiger partial charge in [0.2, 0.25) is 0 Å². The fraction of sp³-hybridized carbons (Fsp3) is 0.227. The Morgan fingerprint density at radius 2 is 1.86 bits per heavy atom. The van der Waals surface area contributed by atoms with Gasteiger partial charge in [0, 0.05) is 24.5 Å². The summed E-state index contributed by atoms with van der Waals surface area (Å²) in [7, 11) is 0. The first-order valence-electron chi connectivity index (χ1n) is 9.41. The molecule has 28 heavy (non-hydrogen) atoms. The van der Waals surface area contributed by atoms with E-state index in [-0.39, 0.29) is 17.9 Å². The van der Waals surface area contributed by atoms with Crippen LogP contribution < -0.4 is 10.6 Å². The van der Waals surface area contributed by atoms with E-state index < -0.39 is 0 Å². The highest BCUT2D eigenvalue weighted by Gasteiger charge is 2.33. The summed E-state index contributed by atoms with van der Waals surface area (Å²) in [5.74, 6) is -0.325. The van der Waals surface area contributed by atoms with Crippen LogP contribution >= 0.6 is 11.3 Å². The Morgan fingerprint density at radius 1 is 1.07 bits per heavy atom. The Morgan fingerprint density at radius 3 is 2.64 bits per heavy atom. The maximum atomic E-state index is 13.2. The summed E-state index contributed by atoms with van der Waals surface area (Å²) >= 11 is 1.67. The average Bonchev–Trinajstić information content (AvgIpc) is 3.07. The van der Waals surface area contributed by atoms with E-state index >= 15 is 0 Å². The van der Waals surface area contributed by atoms with Gasteiger partial charge in [0.25, 0.3) is 5.91 Å². The van der Waals surface area contributed by atoms with E-state index in [4.69, 9.17) is 0 Å². The zero-order chi connectivity index (χ0) is 19.1. The Balaban J connectivity index is 1.38. The van der Waals surface area contributed by atoms with Crippen molar-refractivity contribution in [3.05, 3.63) is 87.5 Å². The van der Waals surface area contributed by atoms with Gasteiger partial charge in [0.1, 0.15) is 17.0 Å². The number of nitrogens with zero attached hydrogens (tertiary/aromatic N) is 1. The molecule has 0 unspecified atom stereocenters.